The van der Waals surface area contributed by atoms with Crippen molar-refractivity contribution in [3.05, 3.63) is 121 Å². The first-order valence-corrected chi connectivity index (χ1v) is 14.5. The number of ether oxygens (including phenoxy) is 1. The van der Waals surface area contributed by atoms with E-state index >= 15 is 0 Å². The Hall–Kier alpha value is -2.62. The van der Waals surface area contributed by atoms with Crippen LogP contribution in [0.3, 0.4) is 0 Å². The number of nitrogens with zero attached hydrogens (tertiary/aromatic N) is 1. The number of aromatic nitrogens is 1. The van der Waals surface area contributed by atoms with Crippen LogP contribution in [0.1, 0.15) is 19.3 Å². The number of halogens is 1. The molecule has 0 atom stereocenters. The molecule has 0 unspecified atom stereocenters. The van der Waals surface area contributed by atoms with Crippen LogP contribution in [0.5, 0.6) is 5.75 Å². The fraction of sp³-hybridized carbons (Fsp3) is 0.188. The number of unbranched alkanes of at least 4 members (excludes halogenated alkanes) is 2. The summed E-state index contributed by atoms with van der Waals surface area (Å²) in [6.45, 7) is 1.04. The number of aryl methyl sites for hydroxylation is 1. The van der Waals surface area contributed by atoms with Gasteiger partial charge in [0.25, 0.3) is 0 Å². The third-order valence-corrected chi connectivity index (χ3v) is 11.5. The highest BCUT2D eigenvalue weighted by Gasteiger charge is 2.44. The Morgan fingerprint density at radius 1 is 0.639 bits per heavy atom. The lowest BCUT2D eigenvalue weighted by Gasteiger charge is -2.27. The van der Waals surface area contributed by atoms with Crippen molar-refractivity contribution in [2.45, 2.75) is 25.8 Å². The van der Waals surface area contributed by atoms with Crippen LogP contribution in [0.4, 0.5) is 0 Å². The second-order valence-electron chi connectivity index (χ2n) is 9.03. The van der Waals surface area contributed by atoms with Crippen molar-refractivity contribution >= 4 is 34.1 Å². The molecule has 1 heterocycles. The van der Waals surface area contributed by atoms with E-state index in [0.29, 0.717) is 0 Å². The summed E-state index contributed by atoms with van der Waals surface area (Å²) in [5, 5.41) is 5.67. The zero-order valence-electron chi connectivity index (χ0n) is 20.8. The van der Waals surface area contributed by atoms with Crippen LogP contribution in [0, 0.1) is 0 Å². The highest BCUT2D eigenvalue weighted by atomic mass is 127. The molecule has 5 aromatic rings. The van der Waals surface area contributed by atoms with Gasteiger partial charge in [0.15, 0.2) is 0 Å². The standard InChI is InChI=1S/C32H33NOP.HI/c1-34-28-20-21-32-27(26-28)22-24-33(32)23-12-5-13-25-35(29-14-6-2-7-15-29,30-16-8-3-9-17-30)31-18-10-4-11-19-31;/h2-4,6-11,14-22,24,26H,5,12-13,23,25H2,1H3;1H/q+1;/p-1. The van der Waals surface area contributed by atoms with Crippen LogP contribution in [-0.2, 0) is 6.54 Å². The van der Waals surface area contributed by atoms with Gasteiger partial charge in [-0.15, -0.1) is 0 Å². The smallest absolute Gasteiger partial charge is 0.119 e. The van der Waals surface area contributed by atoms with E-state index in [0.717, 1.165) is 12.3 Å². The lowest BCUT2D eigenvalue weighted by Crippen LogP contribution is -3.00. The average Bonchev–Trinajstić information content (AvgIpc) is 3.34. The highest BCUT2D eigenvalue weighted by molar-refractivity contribution is 7.95. The van der Waals surface area contributed by atoms with Gasteiger partial charge in [-0.05, 0) is 79.9 Å². The van der Waals surface area contributed by atoms with Gasteiger partial charge in [0, 0.05) is 23.6 Å². The second-order valence-corrected chi connectivity index (χ2v) is 12.7. The van der Waals surface area contributed by atoms with Crippen molar-refractivity contribution in [3.63, 3.8) is 0 Å². The molecule has 5 rings (SSSR count). The first-order chi connectivity index (χ1) is 17.3. The topological polar surface area (TPSA) is 14.2 Å². The van der Waals surface area contributed by atoms with Crippen molar-refractivity contribution in [2.75, 3.05) is 13.3 Å². The maximum Gasteiger partial charge on any atom is 0.119 e. The van der Waals surface area contributed by atoms with Crippen molar-refractivity contribution in [1.82, 2.24) is 4.57 Å². The maximum absolute atomic E-state index is 5.38. The van der Waals surface area contributed by atoms with Crippen LogP contribution >= 0.6 is 7.26 Å². The molecule has 2 nitrogen and oxygen atoms in total. The summed E-state index contributed by atoms with van der Waals surface area (Å²) in [5.74, 6) is 0.915. The Labute approximate surface area is 232 Å². The largest absolute Gasteiger partial charge is 1.00 e. The molecule has 0 N–H and O–H groups in total. The second kappa shape index (κ2) is 12.6. The summed E-state index contributed by atoms with van der Waals surface area (Å²) in [5.41, 5.74) is 1.28. The summed E-state index contributed by atoms with van der Waals surface area (Å²) >= 11 is 0. The minimum Gasteiger partial charge on any atom is -1.00 e. The molecule has 0 aliphatic carbocycles. The summed E-state index contributed by atoms with van der Waals surface area (Å²) in [6.07, 6.45) is 6.99. The summed E-state index contributed by atoms with van der Waals surface area (Å²) in [4.78, 5) is 0. The molecule has 1 aromatic heterocycles. The molecule has 184 valence electrons. The number of methoxy groups -OCH3 is 1. The van der Waals surface area contributed by atoms with Crippen molar-refractivity contribution in [1.29, 1.82) is 0 Å². The Morgan fingerprint density at radius 3 is 1.72 bits per heavy atom. The molecule has 36 heavy (non-hydrogen) atoms. The molecular weight excluding hydrogens is 572 g/mol. The molecule has 0 fully saturated rings. The fourth-order valence-electron chi connectivity index (χ4n) is 5.19. The molecule has 0 bridgehead atoms. The molecular formula is C32H33INOP. The van der Waals surface area contributed by atoms with E-state index in [-0.39, 0.29) is 24.0 Å². The van der Waals surface area contributed by atoms with E-state index in [1.54, 1.807) is 7.11 Å². The normalized spacial score (nSPS) is 11.2. The molecule has 4 aromatic carbocycles. The molecule has 0 spiro atoms. The van der Waals surface area contributed by atoms with Gasteiger partial charge in [-0.3, -0.25) is 0 Å². The maximum atomic E-state index is 5.38. The molecule has 0 saturated carbocycles. The first-order valence-electron chi connectivity index (χ1n) is 12.5. The monoisotopic (exact) mass is 605 g/mol. The summed E-state index contributed by atoms with van der Waals surface area (Å²) < 4.78 is 7.76. The van der Waals surface area contributed by atoms with E-state index in [4.69, 9.17) is 4.74 Å². The number of hydrogen-bond donors (Lipinski definition) is 0. The number of hydrogen-bond acceptors (Lipinski definition) is 1. The van der Waals surface area contributed by atoms with Gasteiger partial charge < -0.3 is 33.3 Å². The highest BCUT2D eigenvalue weighted by Crippen LogP contribution is 2.55. The van der Waals surface area contributed by atoms with Gasteiger partial charge in [-0.25, -0.2) is 0 Å². The zero-order valence-corrected chi connectivity index (χ0v) is 23.8. The van der Waals surface area contributed by atoms with Crippen LogP contribution in [0.15, 0.2) is 121 Å². The van der Waals surface area contributed by atoms with Gasteiger partial charge in [0.2, 0.25) is 0 Å². The zero-order chi connectivity index (χ0) is 23.9. The van der Waals surface area contributed by atoms with Crippen molar-refractivity contribution < 1.29 is 28.7 Å². The quantitative estimate of drug-likeness (QED) is 0.134. The molecule has 0 amide bonds. The minimum absolute atomic E-state index is 0. The Kier molecular flexibility index (Phi) is 9.23. The number of fused-ring (bicyclic) bond motifs is 1. The van der Waals surface area contributed by atoms with Gasteiger partial charge in [0.1, 0.15) is 28.9 Å². The van der Waals surface area contributed by atoms with Crippen LogP contribution in [-0.4, -0.2) is 17.8 Å². The lowest BCUT2D eigenvalue weighted by atomic mass is 10.2. The molecule has 0 saturated heterocycles. The third kappa shape index (κ3) is 5.53. The minimum atomic E-state index is -1.72. The van der Waals surface area contributed by atoms with Crippen LogP contribution in [0.2, 0.25) is 0 Å². The van der Waals surface area contributed by atoms with E-state index in [1.165, 1.54) is 52.2 Å². The van der Waals surface area contributed by atoms with Crippen molar-refractivity contribution in [2.24, 2.45) is 0 Å². The fourth-order valence-corrected chi connectivity index (χ4v) is 9.60. The number of rotatable bonds is 10. The van der Waals surface area contributed by atoms with E-state index in [2.05, 4.69) is 126 Å². The lowest BCUT2D eigenvalue weighted by molar-refractivity contribution is -0.00000715. The Bertz CT molecular complexity index is 1260. The van der Waals surface area contributed by atoms with Crippen molar-refractivity contribution in [3.8, 4) is 5.75 Å². The first kappa shape index (κ1) is 26.4. The van der Waals surface area contributed by atoms with Gasteiger partial charge in [-0.2, -0.15) is 0 Å². The predicted molar refractivity (Wildman–Crippen MR) is 152 cm³/mol. The molecule has 4 heteroatoms. The van der Waals surface area contributed by atoms with E-state index in [1.807, 2.05) is 0 Å². The van der Waals surface area contributed by atoms with Gasteiger partial charge >= 0.3 is 0 Å². The van der Waals surface area contributed by atoms with Crippen LogP contribution < -0.4 is 44.6 Å². The van der Waals surface area contributed by atoms with E-state index < -0.39 is 7.26 Å². The van der Waals surface area contributed by atoms with E-state index in [9.17, 15) is 0 Å². The van der Waals surface area contributed by atoms with Crippen LogP contribution in [0.25, 0.3) is 10.9 Å². The Morgan fingerprint density at radius 2 is 1.19 bits per heavy atom. The molecule has 0 radical (unpaired) electrons. The summed E-state index contributed by atoms with van der Waals surface area (Å²) in [6, 6.07) is 42.1. The third-order valence-electron chi connectivity index (χ3n) is 6.96. The SMILES string of the molecule is COc1ccc2c(ccn2CCCCC[P+](c2ccccc2)(c2ccccc2)c2ccccc2)c1.[I-]. The summed E-state index contributed by atoms with van der Waals surface area (Å²) in [7, 11) is 0.000920. The predicted octanol–water partition coefficient (Wildman–Crippen LogP) is 3.82. The van der Waals surface area contributed by atoms with Gasteiger partial charge in [0.05, 0.1) is 13.3 Å². The Balaban J connectivity index is 0.00000304. The van der Waals surface area contributed by atoms with Gasteiger partial charge in [-0.1, -0.05) is 54.6 Å². The molecule has 0 aliphatic rings. The molecule has 0 aliphatic heterocycles. The average molecular weight is 606 g/mol. The number of benzene rings is 4.